The highest BCUT2D eigenvalue weighted by Crippen LogP contribution is 2.28. The normalized spacial score (nSPS) is 10.9. The quantitative estimate of drug-likeness (QED) is 0.736. The van der Waals surface area contributed by atoms with Gasteiger partial charge in [0.05, 0.1) is 5.02 Å². The summed E-state index contributed by atoms with van der Waals surface area (Å²) >= 11 is 18.0. The third-order valence-corrected chi connectivity index (χ3v) is 3.65. The first-order valence-corrected chi connectivity index (χ1v) is 7.36. The van der Waals surface area contributed by atoms with Gasteiger partial charge in [0.1, 0.15) is 12.4 Å². The fourth-order valence-corrected chi connectivity index (χ4v) is 2.41. The molecule has 0 fully saturated rings. The van der Waals surface area contributed by atoms with Crippen LogP contribution in [-0.4, -0.2) is 11.1 Å². The lowest BCUT2D eigenvalue weighted by atomic mass is 10.2. The van der Waals surface area contributed by atoms with E-state index in [1.54, 1.807) is 36.4 Å². The zero-order valence-electron chi connectivity index (χ0n) is 11.2. The largest absolute Gasteiger partial charge is 0.487 e. The molecule has 0 aliphatic heterocycles. The van der Waals surface area contributed by atoms with Gasteiger partial charge in [-0.15, -0.1) is 0 Å². The van der Waals surface area contributed by atoms with E-state index in [9.17, 15) is 4.79 Å². The molecule has 6 heteroatoms. The summed E-state index contributed by atoms with van der Waals surface area (Å²) in [5.41, 5.74) is 1.46. The maximum absolute atomic E-state index is 10.5. The Kier molecular flexibility index (Phi) is 5.72. The van der Waals surface area contributed by atoms with Crippen molar-refractivity contribution in [3.63, 3.8) is 0 Å². The van der Waals surface area contributed by atoms with Crippen molar-refractivity contribution in [2.24, 2.45) is 0 Å². The molecule has 2 aromatic carbocycles. The minimum Gasteiger partial charge on any atom is -0.487 e. The molecule has 0 spiro atoms. The highest BCUT2D eigenvalue weighted by Gasteiger charge is 2.06. The van der Waals surface area contributed by atoms with Crippen LogP contribution in [-0.2, 0) is 11.4 Å². The summed E-state index contributed by atoms with van der Waals surface area (Å²) in [6.07, 6.45) is 2.49. The van der Waals surface area contributed by atoms with Gasteiger partial charge >= 0.3 is 5.97 Å². The number of rotatable bonds is 5. The lowest BCUT2D eigenvalue weighted by Crippen LogP contribution is -1.97. The van der Waals surface area contributed by atoms with Crippen LogP contribution in [0.15, 0.2) is 42.5 Å². The summed E-state index contributed by atoms with van der Waals surface area (Å²) in [5, 5.41) is 10.0. The number of ether oxygens (including phenoxy) is 1. The molecule has 0 aliphatic rings. The molecule has 2 aromatic rings. The van der Waals surface area contributed by atoms with Crippen molar-refractivity contribution in [2.45, 2.75) is 6.61 Å². The van der Waals surface area contributed by atoms with Crippen molar-refractivity contribution in [3.05, 3.63) is 68.7 Å². The monoisotopic (exact) mass is 356 g/mol. The van der Waals surface area contributed by atoms with E-state index in [1.165, 1.54) is 6.08 Å². The Morgan fingerprint density at radius 1 is 1.09 bits per heavy atom. The van der Waals surface area contributed by atoms with Gasteiger partial charge in [-0.3, -0.25) is 0 Å². The summed E-state index contributed by atoms with van der Waals surface area (Å²) in [6, 6.07) is 10.2. The number of carboxylic acids is 1. The summed E-state index contributed by atoms with van der Waals surface area (Å²) in [5.74, 6) is -0.533. The van der Waals surface area contributed by atoms with Gasteiger partial charge in [-0.25, -0.2) is 4.79 Å². The number of hydrogen-bond donors (Lipinski definition) is 1. The van der Waals surface area contributed by atoms with E-state index >= 15 is 0 Å². The average Bonchev–Trinajstić information content (AvgIpc) is 2.45. The van der Waals surface area contributed by atoms with E-state index in [-0.39, 0.29) is 6.61 Å². The SMILES string of the molecule is O=C(O)C=Cc1ccc(OCc2ccc(Cl)cc2Cl)c(Cl)c1. The minimum absolute atomic E-state index is 0.250. The first-order valence-electron chi connectivity index (χ1n) is 6.23. The predicted octanol–water partition coefficient (Wildman–Crippen LogP) is 5.32. The molecule has 0 aromatic heterocycles. The van der Waals surface area contributed by atoms with Crippen molar-refractivity contribution < 1.29 is 14.6 Å². The van der Waals surface area contributed by atoms with Crippen molar-refractivity contribution in [1.29, 1.82) is 0 Å². The Hall–Kier alpha value is -1.68. The Morgan fingerprint density at radius 3 is 2.50 bits per heavy atom. The number of hydrogen-bond acceptors (Lipinski definition) is 2. The topological polar surface area (TPSA) is 46.5 Å². The van der Waals surface area contributed by atoms with Crippen LogP contribution in [0.3, 0.4) is 0 Å². The second kappa shape index (κ2) is 7.54. The maximum atomic E-state index is 10.5. The van der Waals surface area contributed by atoms with Gasteiger partial charge in [-0.05, 0) is 35.9 Å². The fourth-order valence-electron chi connectivity index (χ4n) is 1.70. The van der Waals surface area contributed by atoms with Crippen LogP contribution in [0.25, 0.3) is 6.08 Å². The Balaban J connectivity index is 2.08. The van der Waals surface area contributed by atoms with Gasteiger partial charge in [-0.1, -0.05) is 46.9 Å². The zero-order chi connectivity index (χ0) is 16.1. The van der Waals surface area contributed by atoms with E-state index in [1.807, 2.05) is 0 Å². The van der Waals surface area contributed by atoms with Crippen LogP contribution in [0, 0.1) is 0 Å². The summed E-state index contributed by atoms with van der Waals surface area (Å²) in [6.45, 7) is 0.250. The van der Waals surface area contributed by atoms with Crippen LogP contribution in [0.5, 0.6) is 5.75 Å². The van der Waals surface area contributed by atoms with Gasteiger partial charge in [0.2, 0.25) is 0 Å². The third-order valence-electron chi connectivity index (χ3n) is 2.77. The Morgan fingerprint density at radius 2 is 1.86 bits per heavy atom. The molecule has 0 amide bonds. The van der Waals surface area contributed by atoms with Crippen molar-refractivity contribution in [1.82, 2.24) is 0 Å². The predicted molar refractivity (Wildman–Crippen MR) is 88.9 cm³/mol. The third kappa shape index (κ3) is 4.67. The first kappa shape index (κ1) is 16.7. The van der Waals surface area contributed by atoms with Crippen molar-refractivity contribution in [3.8, 4) is 5.75 Å². The zero-order valence-corrected chi connectivity index (χ0v) is 13.5. The van der Waals surface area contributed by atoms with Crippen molar-refractivity contribution in [2.75, 3.05) is 0 Å². The van der Waals surface area contributed by atoms with Gasteiger partial charge in [-0.2, -0.15) is 0 Å². The van der Waals surface area contributed by atoms with Gasteiger partial charge in [0.25, 0.3) is 0 Å². The van der Waals surface area contributed by atoms with E-state index in [0.29, 0.717) is 26.4 Å². The van der Waals surface area contributed by atoms with E-state index in [4.69, 9.17) is 44.6 Å². The molecule has 2 rings (SSSR count). The second-order valence-electron chi connectivity index (χ2n) is 4.39. The molecule has 0 bridgehead atoms. The van der Waals surface area contributed by atoms with Gasteiger partial charge < -0.3 is 9.84 Å². The molecule has 0 saturated carbocycles. The average molecular weight is 358 g/mol. The van der Waals surface area contributed by atoms with Gasteiger partial charge in [0, 0.05) is 21.7 Å². The van der Waals surface area contributed by atoms with Gasteiger partial charge in [0.15, 0.2) is 0 Å². The first-order chi connectivity index (χ1) is 10.5. The van der Waals surface area contributed by atoms with Crippen LogP contribution in [0.4, 0.5) is 0 Å². The number of carboxylic acid groups (broad SMARTS) is 1. The molecule has 0 saturated heterocycles. The highest BCUT2D eigenvalue weighted by molar-refractivity contribution is 6.35. The van der Waals surface area contributed by atoms with E-state index in [0.717, 1.165) is 11.6 Å². The minimum atomic E-state index is -1.02. The molecule has 3 nitrogen and oxygen atoms in total. The standard InChI is InChI=1S/C16H11Cl3O3/c17-12-4-3-11(13(18)8-12)9-22-15-5-1-10(7-14(15)19)2-6-16(20)21/h1-8H,9H2,(H,20,21). The van der Waals surface area contributed by atoms with Crippen LogP contribution in [0.2, 0.25) is 15.1 Å². The maximum Gasteiger partial charge on any atom is 0.328 e. The summed E-state index contributed by atoms with van der Waals surface area (Å²) in [4.78, 5) is 10.5. The number of halogens is 3. The fraction of sp³-hybridized carbons (Fsp3) is 0.0625. The highest BCUT2D eigenvalue weighted by atomic mass is 35.5. The van der Waals surface area contributed by atoms with E-state index in [2.05, 4.69) is 0 Å². The molecule has 0 heterocycles. The molecule has 114 valence electrons. The Bertz CT molecular complexity index is 727. The molecule has 22 heavy (non-hydrogen) atoms. The molecule has 0 unspecified atom stereocenters. The number of carbonyl (C=O) groups is 1. The van der Waals surface area contributed by atoms with Crippen molar-refractivity contribution >= 4 is 46.8 Å². The van der Waals surface area contributed by atoms with Crippen LogP contribution in [0.1, 0.15) is 11.1 Å². The lowest BCUT2D eigenvalue weighted by Gasteiger charge is -2.10. The molecular weight excluding hydrogens is 347 g/mol. The Labute approximate surface area is 142 Å². The molecule has 0 aliphatic carbocycles. The van der Waals surface area contributed by atoms with Crippen LogP contribution >= 0.6 is 34.8 Å². The molecule has 0 atom stereocenters. The summed E-state index contributed by atoms with van der Waals surface area (Å²) in [7, 11) is 0. The smallest absolute Gasteiger partial charge is 0.328 e. The molecule has 1 N–H and O–H groups in total. The number of benzene rings is 2. The van der Waals surface area contributed by atoms with Crippen LogP contribution < -0.4 is 4.74 Å². The summed E-state index contributed by atoms with van der Waals surface area (Å²) < 4.78 is 5.62. The number of aliphatic carboxylic acids is 1. The second-order valence-corrected chi connectivity index (χ2v) is 5.64. The lowest BCUT2D eigenvalue weighted by molar-refractivity contribution is -0.131. The molecule has 0 radical (unpaired) electrons. The van der Waals surface area contributed by atoms with E-state index < -0.39 is 5.97 Å². The molecular formula is C16H11Cl3O3.